The van der Waals surface area contributed by atoms with Gasteiger partial charge in [-0.25, -0.2) is 18.2 Å². The third kappa shape index (κ3) is 5.20. The molecule has 0 saturated carbocycles. The van der Waals surface area contributed by atoms with Crippen molar-refractivity contribution in [2.75, 3.05) is 10.6 Å². The summed E-state index contributed by atoms with van der Waals surface area (Å²) < 4.78 is 64.8. The summed E-state index contributed by atoms with van der Waals surface area (Å²) in [5.74, 6) is -0.261. The third-order valence-corrected chi connectivity index (χ3v) is 6.89. The predicted octanol–water partition coefficient (Wildman–Crippen LogP) is 5.51. The number of rotatable bonds is 5. The van der Waals surface area contributed by atoms with Crippen molar-refractivity contribution in [2.45, 2.75) is 23.7 Å². The van der Waals surface area contributed by atoms with Gasteiger partial charge in [-0.1, -0.05) is 18.2 Å². The van der Waals surface area contributed by atoms with Crippen LogP contribution in [0.15, 0.2) is 71.9 Å². The molecule has 0 radical (unpaired) electrons. The summed E-state index contributed by atoms with van der Waals surface area (Å²) in [5.41, 5.74) is 1.71. The lowest BCUT2D eigenvalue weighted by Gasteiger charge is -2.13. The summed E-state index contributed by atoms with van der Waals surface area (Å²) in [6.07, 6.45) is -3.02. The van der Waals surface area contributed by atoms with E-state index in [0.29, 0.717) is 16.6 Å². The Morgan fingerprint density at radius 3 is 2.47 bits per heavy atom. The number of halogens is 3. The SMILES string of the molecule is Cc1ccc(NC(=O)Nc2cccc(C(F)(F)F)c2)cc1S(=O)(=O)Cc1ccc2nc[nH]c2c1. The van der Waals surface area contributed by atoms with Gasteiger partial charge in [0.2, 0.25) is 0 Å². The van der Waals surface area contributed by atoms with Gasteiger partial charge in [0.1, 0.15) is 0 Å². The van der Waals surface area contributed by atoms with Gasteiger partial charge in [-0.15, -0.1) is 0 Å². The predicted molar refractivity (Wildman–Crippen MR) is 122 cm³/mol. The molecule has 0 aliphatic rings. The van der Waals surface area contributed by atoms with Crippen LogP contribution >= 0.6 is 0 Å². The number of aryl methyl sites for hydroxylation is 1. The van der Waals surface area contributed by atoms with Crippen LogP contribution in [-0.4, -0.2) is 24.4 Å². The molecule has 4 rings (SSSR count). The number of aromatic amines is 1. The topological polar surface area (TPSA) is 104 Å². The first kappa shape index (κ1) is 23.3. The Kier molecular flexibility index (Phi) is 6.05. The standard InChI is InChI=1S/C23H19F3N4O3S/c1-14-5-7-18(30-22(31)29-17-4-2-3-16(10-17)23(24,25)26)11-21(14)34(32,33)12-15-6-8-19-20(9-15)28-13-27-19/h2-11,13H,12H2,1H3,(H,27,28)(H2,29,30,31). The molecule has 0 unspecified atom stereocenters. The number of carbonyl (C=O) groups excluding carboxylic acids is 1. The van der Waals surface area contributed by atoms with Crippen LogP contribution in [0.25, 0.3) is 11.0 Å². The number of benzene rings is 3. The highest BCUT2D eigenvalue weighted by atomic mass is 32.2. The van der Waals surface area contributed by atoms with Gasteiger partial charge in [0, 0.05) is 11.4 Å². The Morgan fingerprint density at radius 2 is 1.74 bits per heavy atom. The second-order valence-corrected chi connectivity index (χ2v) is 9.61. The van der Waals surface area contributed by atoms with E-state index in [9.17, 15) is 26.4 Å². The van der Waals surface area contributed by atoms with Crippen LogP contribution in [-0.2, 0) is 21.8 Å². The molecule has 0 spiro atoms. The number of anilines is 2. The molecule has 1 aromatic heterocycles. The molecule has 4 aromatic rings. The summed E-state index contributed by atoms with van der Waals surface area (Å²) in [6.45, 7) is 1.64. The molecule has 0 aliphatic heterocycles. The maximum atomic E-state index is 13.1. The molecular formula is C23H19F3N4O3S. The highest BCUT2D eigenvalue weighted by Crippen LogP contribution is 2.31. The molecule has 0 saturated heterocycles. The minimum Gasteiger partial charge on any atom is -0.345 e. The number of nitrogens with zero attached hydrogens (tertiary/aromatic N) is 1. The summed E-state index contributed by atoms with van der Waals surface area (Å²) in [6, 6.07) is 12.9. The van der Waals surface area contributed by atoms with Crippen molar-refractivity contribution in [3.8, 4) is 0 Å². The van der Waals surface area contributed by atoms with Crippen LogP contribution < -0.4 is 10.6 Å². The van der Waals surface area contributed by atoms with Gasteiger partial charge in [-0.2, -0.15) is 13.2 Å². The molecule has 176 valence electrons. The zero-order valence-electron chi connectivity index (χ0n) is 17.8. The molecule has 1 heterocycles. The second kappa shape index (κ2) is 8.82. The van der Waals surface area contributed by atoms with Gasteiger partial charge in [-0.3, -0.25) is 0 Å². The Labute approximate surface area is 192 Å². The summed E-state index contributed by atoms with van der Waals surface area (Å²) in [5, 5.41) is 4.79. The molecule has 3 aromatic carbocycles. The molecular weight excluding hydrogens is 469 g/mol. The first-order valence-corrected chi connectivity index (χ1v) is 11.7. The minimum atomic E-state index is -4.55. The van der Waals surface area contributed by atoms with Crippen molar-refractivity contribution in [2.24, 2.45) is 0 Å². The molecule has 7 nitrogen and oxygen atoms in total. The van der Waals surface area contributed by atoms with Crippen LogP contribution in [0.3, 0.4) is 0 Å². The summed E-state index contributed by atoms with van der Waals surface area (Å²) >= 11 is 0. The van der Waals surface area contributed by atoms with Crippen molar-refractivity contribution >= 4 is 38.3 Å². The van der Waals surface area contributed by atoms with E-state index in [-0.39, 0.29) is 22.0 Å². The van der Waals surface area contributed by atoms with Crippen molar-refractivity contribution in [3.63, 3.8) is 0 Å². The molecule has 34 heavy (non-hydrogen) atoms. The average molecular weight is 488 g/mol. The fourth-order valence-corrected chi connectivity index (χ4v) is 5.09. The van der Waals surface area contributed by atoms with E-state index < -0.39 is 27.6 Å². The minimum absolute atomic E-state index is 0.0362. The lowest BCUT2D eigenvalue weighted by atomic mass is 10.2. The Hall–Kier alpha value is -3.86. The number of nitrogens with one attached hydrogen (secondary N) is 3. The van der Waals surface area contributed by atoms with Crippen LogP contribution in [0.4, 0.5) is 29.3 Å². The maximum Gasteiger partial charge on any atom is 0.416 e. The number of hydrogen-bond donors (Lipinski definition) is 3. The van der Waals surface area contributed by atoms with E-state index in [4.69, 9.17) is 0 Å². The zero-order chi connectivity index (χ0) is 24.5. The first-order chi connectivity index (χ1) is 16.0. The highest BCUT2D eigenvalue weighted by molar-refractivity contribution is 7.90. The number of sulfone groups is 1. The lowest BCUT2D eigenvalue weighted by Crippen LogP contribution is -2.20. The second-order valence-electron chi connectivity index (χ2n) is 7.65. The molecule has 0 fully saturated rings. The maximum absolute atomic E-state index is 13.1. The van der Waals surface area contributed by atoms with Gasteiger partial charge in [0.05, 0.1) is 33.6 Å². The summed E-state index contributed by atoms with van der Waals surface area (Å²) in [4.78, 5) is 19.4. The van der Waals surface area contributed by atoms with E-state index in [0.717, 1.165) is 17.6 Å². The number of alkyl halides is 3. The van der Waals surface area contributed by atoms with E-state index in [2.05, 4.69) is 20.6 Å². The average Bonchev–Trinajstić information content (AvgIpc) is 3.22. The van der Waals surface area contributed by atoms with Gasteiger partial charge < -0.3 is 15.6 Å². The lowest BCUT2D eigenvalue weighted by molar-refractivity contribution is -0.137. The largest absolute Gasteiger partial charge is 0.416 e. The normalized spacial score (nSPS) is 12.0. The van der Waals surface area contributed by atoms with Crippen LogP contribution in [0.2, 0.25) is 0 Å². The van der Waals surface area contributed by atoms with Crippen LogP contribution in [0, 0.1) is 6.92 Å². The van der Waals surface area contributed by atoms with Crippen LogP contribution in [0.1, 0.15) is 16.7 Å². The van der Waals surface area contributed by atoms with Gasteiger partial charge in [0.25, 0.3) is 0 Å². The number of hydrogen-bond acceptors (Lipinski definition) is 4. The number of fused-ring (bicyclic) bond motifs is 1. The first-order valence-electron chi connectivity index (χ1n) is 10.0. The Bertz CT molecular complexity index is 1480. The van der Waals surface area contributed by atoms with Gasteiger partial charge in [-0.05, 0) is 60.5 Å². The van der Waals surface area contributed by atoms with Gasteiger partial charge in [0.15, 0.2) is 9.84 Å². The number of amides is 2. The third-order valence-electron chi connectivity index (χ3n) is 5.07. The fourth-order valence-electron chi connectivity index (χ4n) is 3.45. The van der Waals surface area contributed by atoms with Gasteiger partial charge >= 0.3 is 12.2 Å². The van der Waals surface area contributed by atoms with Crippen molar-refractivity contribution in [1.29, 1.82) is 0 Å². The molecule has 0 bridgehead atoms. The monoisotopic (exact) mass is 488 g/mol. The number of imidazole rings is 1. The molecule has 2 amide bonds. The number of H-pyrrole nitrogens is 1. The van der Waals surface area contributed by atoms with E-state index in [1.807, 2.05) is 0 Å². The fraction of sp³-hybridized carbons (Fsp3) is 0.130. The molecule has 3 N–H and O–H groups in total. The van der Waals surface area contributed by atoms with E-state index >= 15 is 0 Å². The van der Waals surface area contributed by atoms with Crippen molar-refractivity contribution in [1.82, 2.24) is 9.97 Å². The Morgan fingerprint density at radius 1 is 1.00 bits per heavy atom. The van der Waals surface area contributed by atoms with Crippen molar-refractivity contribution < 1.29 is 26.4 Å². The smallest absolute Gasteiger partial charge is 0.345 e. The molecule has 0 atom stereocenters. The summed E-state index contributed by atoms with van der Waals surface area (Å²) in [7, 11) is -3.77. The highest BCUT2D eigenvalue weighted by Gasteiger charge is 2.30. The van der Waals surface area contributed by atoms with E-state index in [1.165, 1.54) is 30.6 Å². The molecule has 0 aliphatic carbocycles. The Balaban J connectivity index is 1.51. The number of aromatic nitrogens is 2. The quantitative estimate of drug-likeness (QED) is 0.345. The van der Waals surface area contributed by atoms with Crippen LogP contribution in [0.5, 0.6) is 0 Å². The molecule has 11 heteroatoms. The number of urea groups is 1. The van der Waals surface area contributed by atoms with Crippen molar-refractivity contribution in [3.05, 3.63) is 83.7 Å². The number of carbonyl (C=O) groups is 1. The zero-order valence-corrected chi connectivity index (χ0v) is 18.6. The van der Waals surface area contributed by atoms with E-state index in [1.54, 1.807) is 31.2 Å².